The molecule has 1 spiro atoms. The average molecular weight is 384 g/mol. The van der Waals surface area contributed by atoms with Gasteiger partial charge in [0.1, 0.15) is 16.8 Å². The fraction of sp³-hybridized carbons (Fsp3) is 0.591. The van der Waals surface area contributed by atoms with E-state index in [2.05, 4.69) is 22.4 Å². The van der Waals surface area contributed by atoms with Gasteiger partial charge >= 0.3 is 5.97 Å². The normalized spacial score (nSPS) is 41.2. The van der Waals surface area contributed by atoms with Gasteiger partial charge in [-0.1, -0.05) is 11.6 Å². The molecule has 6 heteroatoms. The highest BCUT2D eigenvalue weighted by atomic mass is 16.5. The van der Waals surface area contributed by atoms with E-state index in [9.17, 15) is 9.90 Å². The number of aliphatic hydroxyl groups is 1. The molecule has 0 radical (unpaired) electrons. The number of nitrogens with zero attached hydrogens (tertiary/aromatic N) is 1. The number of nitrogens with one attached hydrogen (secondary N) is 1. The Bertz CT molecular complexity index is 883. The maximum atomic E-state index is 13.5. The molecule has 5 atom stereocenters. The molecule has 4 aliphatic heterocycles. The average Bonchev–Trinajstić information content (AvgIpc) is 3.12. The predicted octanol–water partition coefficient (Wildman–Crippen LogP) is 2.28. The fourth-order valence-corrected chi connectivity index (χ4v) is 7.16. The van der Waals surface area contributed by atoms with Gasteiger partial charge in [0.05, 0.1) is 26.2 Å². The van der Waals surface area contributed by atoms with E-state index in [0.717, 1.165) is 49.4 Å². The van der Waals surface area contributed by atoms with Gasteiger partial charge in [0.2, 0.25) is 0 Å². The van der Waals surface area contributed by atoms with Crippen molar-refractivity contribution in [3.05, 3.63) is 35.4 Å². The van der Waals surface area contributed by atoms with Crippen LogP contribution in [-0.4, -0.2) is 55.6 Å². The molecule has 3 saturated heterocycles. The molecule has 4 fully saturated rings. The molecule has 150 valence electrons. The van der Waals surface area contributed by atoms with Crippen LogP contribution in [-0.2, 0) is 14.9 Å². The SMILES string of the molecule is C/C=C1/CN2CC[C@@]34c5cc(OC)ccc5NC23CC[C@@H]1[C@@]4(CO)C(=O)OC. The third kappa shape index (κ3) is 1.67. The number of carbonyl (C=O) groups excluding carboxylic acids is 1. The van der Waals surface area contributed by atoms with Crippen molar-refractivity contribution in [3.8, 4) is 5.75 Å². The molecule has 0 amide bonds. The Morgan fingerprint density at radius 3 is 2.89 bits per heavy atom. The number of carbonyl (C=O) groups is 1. The lowest BCUT2D eigenvalue weighted by Gasteiger charge is -2.57. The molecule has 1 saturated carbocycles. The summed E-state index contributed by atoms with van der Waals surface area (Å²) in [6.07, 6.45) is 4.73. The van der Waals surface area contributed by atoms with E-state index < -0.39 is 10.8 Å². The molecule has 1 aromatic carbocycles. The number of allylic oxidation sites excluding steroid dienone is 1. The van der Waals surface area contributed by atoms with Crippen LogP contribution in [0, 0.1) is 11.3 Å². The minimum atomic E-state index is -1.02. The number of anilines is 1. The van der Waals surface area contributed by atoms with Gasteiger partial charge < -0.3 is 19.9 Å². The topological polar surface area (TPSA) is 71.0 Å². The Hall–Kier alpha value is -2.05. The van der Waals surface area contributed by atoms with Gasteiger partial charge in [0, 0.05) is 24.7 Å². The molecule has 2 unspecified atom stereocenters. The number of benzene rings is 1. The summed E-state index contributed by atoms with van der Waals surface area (Å²) < 4.78 is 10.9. The van der Waals surface area contributed by atoms with E-state index in [4.69, 9.17) is 9.47 Å². The molecule has 4 bridgehead atoms. The summed E-state index contributed by atoms with van der Waals surface area (Å²) >= 11 is 0. The molecule has 1 aromatic rings. The molecule has 2 N–H and O–H groups in total. The van der Waals surface area contributed by atoms with Gasteiger partial charge in [-0.05, 0) is 49.9 Å². The van der Waals surface area contributed by atoms with Gasteiger partial charge in [-0.3, -0.25) is 9.69 Å². The zero-order valence-corrected chi connectivity index (χ0v) is 16.7. The number of fused-ring (bicyclic) bond motifs is 3. The molecule has 6 rings (SSSR count). The Morgan fingerprint density at radius 2 is 2.21 bits per heavy atom. The number of ether oxygens (including phenoxy) is 2. The highest BCUT2D eigenvalue weighted by Crippen LogP contribution is 2.72. The van der Waals surface area contributed by atoms with E-state index in [0.29, 0.717) is 0 Å². The minimum absolute atomic E-state index is 0.0349. The fourth-order valence-electron chi connectivity index (χ4n) is 7.16. The van der Waals surface area contributed by atoms with Crippen LogP contribution in [0.5, 0.6) is 5.75 Å². The number of rotatable bonds is 3. The third-order valence-electron chi connectivity index (χ3n) is 8.17. The van der Waals surface area contributed by atoms with Crippen LogP contribution < -0.4 is 10.1 Å². The Labute approximate surface area is 165 Å². The second kappa shape index (κ2) is 5.74. The van der Waals surface area contributed by atoms with Gasteiger partial charge in [0.25, 0.3) is 0 Å². The highest BCUT2D eigenvalue weighted by Gasteiger charge is 2.80. The lowest BCUT2D eigenvalue weighted by molar-refractivity contribution is -0.174. The first-order valence-corrected chi connectivity index (χ1v) is 10.1. The monoisotopic (exact) mass is 384 g/mol. The first kappa shape index (κ1) is 18.0. The van der Waals surface area contributed by atoms with E-state index in [1.54, 1.807) is 7.11 Å². The lowest BCUT2D eigenvalue weighted by Crippen LogP contribution is -2.70. The number of aliphatic hydroxyl groups excluding tert-OH is 1. The van der Waals surface area contributed by atoms with Crippen LogP contribution in [0.25, 0.3) is 0 Å². The summed E-state index contributed by atoms with van der Waals surface area (Å²) in [7, 11) is 3.10. The van der Waals surface area contributed by atoms with Crippen LogP contribution >= 0.6 is 0 Å². The number of methoxy groups -OCH3 is 2. The van der Waals surface area contributed by atoms with Crippen LogP contribution in [0.15, 0.2) is 29.8 Å². The van der Waals surface area contributed by atoms with Crippen LogP contribution in [0.1, 0.15) is 31.7 Å². The molecular formula is C22H28N2O4. The Balaban J connectivity index is 1.88. The van der Waals surface area contributed by atoms with E-state index in [-0.39, 0.29) is 24.2 Å². The van der Waals surface area contributed by atoms with Crippen molar-refractivity contribution in [1.82, 2.24) is 4.90 Å². The van der Waals surface area contributed by atoms with Crippen LogP contribution in [0.3, 0.4) is 0 Å². The summed E-state index contributed by atoms with van der Waals surface area (Å²) in [4.78, 5) is 16.0. The van der Waals surface area contributed by atoms with Crippen molar-refractivity contribution >= 4 is 11.7 Å². The predicted molar refractivity (Wildman–Crippen MR) is 105 cm³/mol. The van der Waals surface area contributed by atoms with Crippen LogP contribution in [0.4, 0.5) is 5.69 Å². The number of hydrogen-bond acceptors (Lipinski definition) is 6. The zero-order chi connectivity index (χ0) is 19.7. The maximum absolute atomic E-state index is 13.5. The van der Waals surface area contributed by atoms with Crippen molar-refractivity contribution in [3.63, 3.8) is 0 Å². The van der Waals surface area contributed by atoms with Crippen molar-refractivity contribution in [2.45, 2.75) is 37.3 Å². The summed E-state index contributed by atoms with van der Waals surface area (Å²) in [6, 6.07) is 6.06. The third-order valence-corrected chi connectivity index (χ3v) is 8.17. The zero-order valence-electron chi connectivity index (χ0n) is 16.7. The highest BCUT2D eigenvalue weighted by molar-refractivity contribution is 5.85. The molecule has 5 aliphatic rings. The van der Waals surface area contributed by atoms with E-state index in [1.807, 2.05) is 19.1 Å². The molecular weight excluding hydrogens is 356 g/mol. The van der Waals surface area contributed by atoms with Crippen molar-refractivity contribution in [1.29, 1.82) is 0 Å². The number of esters is 1. The Kier molecular flexibility index (Phi) is 3.69. The second-order valence-electron chi connectivity index (χ2n) is 8.55. The summed E-state index contributed by atoms with van der Waals surface area (Å²) in [5.41, 5.74) is 1.39. The van der Waals surface area contributed by atoms with Crippen molar-refractivity contribution in [2.75, 3.05) is 39.2 Å². The molecule has 28 heavy (non-hydrogen) atoms. The quantitative estimate of drug-likeness (QED) is 0.616. The molecule has 1 aliphatic carbocycles. The van der Waals surface area contributed by atoms with E-state index >= 15 is 0 Å². The summed E-state index contributed by atoms with van der Waals surface area (Å²) in [6.45, 7) is 3.51. The van der Waals surface area contributed by atoms with E-state index in [1.165, 1.54) is 12.7 Å². The van der Waals surface area contributed by atoms with Gasteiger partial charge in [-0.25, -0.2) is 0 Å². The standard InChI is InChI=1S/C22H28N2O4/c1-4-14-12-24-10-9-21-17-11-15(27-2)5-6-18(17)23-22(21,24)8-7-16(14)20(21,13-25)19(26)28-3/h4-6,11,16,23,25H,7-10,12-13H2,1-3H3/b14-4-/t16-,20-,21-,22?/m0/s1. The molecule has 4 heterocycles. The minimum Gasteiger partial charge on any atom is -0.497 e. The second-order valence-corrected chi connectivity index (χ2v) is 8.55. The number of hydrogen-bond donors (Lipinski definition) is 2. The Morgan fingerprint density at radius 1 is 1.39 bits per heavy atom. The molecule has 0 aromatic heterocycles. The lowest BCUT2D eigenvalue weighted by atomic mass is 9.46. The summed E-state index contributed by atoms with van der Waals surface area (Å²) in [5.74, 6) is 0.436. The maximum Gasteiger partial charge on any atom is 0.315 e. The first-order chi connectivity index (χ1) is 13.5. The molecule has 6 nitrogen and oxygen atoms in total. The van der Waals surface area contributed by atoms with Gasteiger partial charge in [-0.2, -0.15) is 0 Å². The van der Waals surface area contributed by atoms with Gasteiger partial charge in [-0.15, -0.1) is 0 Å². The largest absolute Gasteiger partial charge is 0.497 e. The van der Waals surface area contributed by atoms with Crippen molar-refractivity contribution in [2.24, 2.45) is 11.3 Å². The van der Waals surface area contributed by atoms with Gasteiger partial charge in [0.15, 0.2) is 0 Å². The van der Waals surface area contributed by atoms with Crippen LogP contribution in [0.2, 0.25) is 0 Å². The smallest absolute Gasteiger partial charge is 0.315 e. The first-order valence-electron chi connectivity index (χ1n) is 10.1. The summed E-state index contributed by atoms with van der Waals surface area (Å²) in [5, 5.41) is 14.7. The van der Waals surface area contributed by atoms with Crippen molar-refractivity contribution < 1.29 is 19.4 Å².